The number of nitriles is 1. The summed E-state index contributed by atoms with van der Waals surface area (Å²) in [5.41, 5.74) is 7.28. The van der Waals surface area contributed by atoms with Crippen molar-refractivity contribution in [1.82, 2.24) is 4.57 Å². The van der Waals surface area contributed by atoms with Crippen LogP contribution in [0.25, 0.3) is 0 Å². The first-order valence-electron chi connectivity index (χ1n) is 6.78. The number of pyridine rings is 1. The Morgan fingerprint density at radius 3 is 2.73 bits per heavy atom. The Hall–Kier alpha value is -2.52. The maximum absolute atomic E-state index is 12.7. The molecule has 0 spiro atoms. The molecule has 1 atom stereocenters. The van der Waals surface area contributed by atoms with E-state index in [-0.39, 0.29) is 17.0 Å². The summed E-state index contributed by atoms with van der Waals surface area (Å²) in [5, 5.41) is 9.47. The molecule has 0 bridgehead atoms. The number of hydrogen-bond donors (Lipinski definition) is 1. The minimum atomic E-state index is -0.466. The summed E-state index contributed by atoms with van der Waals surface area (Å²) >= 11 is 1.55. The van der Waals surface area contributed by atoms with Crippen molar-refractivity contribution >= 4 is 11.3 Å². The van der Waals surface area contributed by atoms with Gasteiger partial charge in [-0.3, -0.25) is 4.79 Å². The van der Waals surface area contributed by atoms with Crippen LogP contribution in [0, 0.1) is 25.2 Å². The molecule has 0 aliphatic carbocycles. The van der Waals surface area contributed by atoms with E-state index in [0.29, 0.717) is 11.3 Å². The molecule has 0 radical (unpaired) electrons. The third kappa shape index (κ3) is 2.02. The smallest absolute Gasteiger partial charge is 0.258 e. The van der Waals surface area contributed by atoms with E-state index in [4.69, 9.17) is 10.5 Å². The van der Waals surface area contributed by atoms with Crippen molar-refractivity contribution in [1.29, 1.82) is 5.26 Å². The molecule has 0 saturated heterocycles. The van der Waals surface area contributed by atoms with E-state index in [1.807, 2.05) is 26.0 Å². The third-order valence-corrected chi connectivity index (χ3v) is 4.96. The maximum atomic E-state index is 12.7. The fourth-order valence-corrected chi connectivity index (χ4v) is 3.63. The summed E-state index contributed by atoms with van der Waals surface area (Å²) in [6.45, 7) is 3.82. The molecule has 0 fully saturated rings. The topological polar surface area (TPSA) is 81.0 Å². The number of aryl methyl sites for hydroxylation is 2. The van der Waals surface area contributed by atoms with Gasteiger partial charge in [0.2, 0.25) is 5.88 Å². The summed E-state index contributed by atoms with van der Waals surface area (Å²) in [5.74, 6) is 0.0404. The monoisotopic (exact) mass is 313 g/mol. The first kappa shape index (κ1) is 14.4. The minimum Gasteiger partial charge on any atom is -0.440 e. The number of allylic oxidation sites excluding steroid dienone is 1. The van der Waals surface area contributed by atoms with E-state index < -0.39 is 5.92 Å². The largest absolute Gasteiger partial charge is 0.440 e. The van der Waals surface area contributed by atoms with Crippen molar-refractivity contribution in [3.8, 4) is 11.8 Å². The average molecular weight is 313 g/mol. The molecular weight excluding hydrogens is 298 g/mol. The van der Waals surface area contributed by atoms with Crippen LogP contribution >= 0.6 is 11.3 Å². The summed E-state index contributed by atoms with van der Waals surface area (Å²) in [6, 6.07) is 7.79. The highest BCUT2D eigenvalue weighted by Crippen LogP contribution is 2.42. The predicted molar refractivity (Wildman–Crippen MR) is 84.8 cm³/mol. The van der Waals surface area contributed by atoms with Crippen LogP contribution in [-0.4, -0.2) is 4.57 Å². The Labute approximate surface area is 131 Å². The number of fused-ring (bicyclic) bond motifs is 1. The van der Waals surface area contributed by atoms with E-state index in [1.54, 1.807) is 29.0 Å². The van der Waals surface area contributed by atoms with E-state index in [0.717, 1.165) is 15.4 Å². The molecule has 22 heavy (non-hydrogen) atoms. The standard InChI is InChI=1S/C16H15N3O2S/c1-8-6-11-14(16(20)19(8)3)13(10(7-17)15(18)21-11)12-5-4-9(2)22-12/h4-6,13H,18H2,1-3H3. The fraction of sp³-hybridized carbons (Fsp3) is 0.250. The van der Waals surface area contributed by atoms with Crippen LogP contribution in [0.15, 0.2) is 34.4 Å². The van der Waals surface area contributed by atoms with Crippen molar-refractivity contribution < 1.29 is 4.74 Å². The lowest BCUT2D eigenvalue weighted by Gasteiger charge is -2.25. The second-order valence-corrected chi connectivity index (χ2v) is 6.62. The summed E-state index contributed by atoms with van der Waals surface area (Å²) in [4.78, 5) is 14.7. The zero-order valence-electron chi connectivity index (χ0n) is 12.5. The summed E-state index contributed by atoms with van der Waals surface area (Å²) in [7, 11) is 1.71. The molecule has 2 aromatic heterocycles. The van der Waals surface area contributed by atoms with Gasteiger partial charge in [0.05, 0.1) is 11.5 Å². The van der Waals surface area contributed by atoms with Crippen molar-refractivity contribution in [2.24, 2.45) is 12.8 Å². The van der Waals surface area contributed by atoms with E-state index >= 15 is 0 Å². The molecule has 1 aliphatic rings. The van der Waals surface area contributed by atoms with Crippen LogP contribution < -0.4 is 16.0 Å². The van der Waals surface area contributed by atoms with Crippen molar-refractivity contribution in [3.05, 3.63) is 61.0 Å². The number of ether oxygens (including phenoxy) is 1. The highest BCUT2D eigenvalue weighted by atomic mass is 32.1. The third-order valence-electron chi connectivity index (χ3n) is 3.90. The van der Waals surface area contributed by atoms with E-state index in [1.165, 1.54) is 0 Å². The maximum Gasteiger partial charge on any atom is 0.258 e. The Morgan fingerprint density at radius 1 is 1.41 bits per heavy atom. The van der Waals surface area contributed by atoms with Gasteiger partial charge in [0.15, 0.2) is 0 Å². The van der Waals surface area contributed by atoms with E-state index in [9.17, 15) is 10.1 Å². The van der Waals surface area contributed by atoms with Gasteiger partial charge < -0.3 is 15.0 Å². The first-order valence-corrected chi connectivity index (χ1v) is 7.60. The molecule has 6 heteroatoms. The van der Waals surface area contributed by atoms with Gasteiger partial charge in [-0.05, 0) is 26.0 Å². The van der Waals surface area contributed by atoms with Crippen molar-refractivity contribution in [2.45, 2.75) is 19.8 Å². The zero-order valence-corrected chi connectivity index (χ0v) is 13.3. The summed E-state index contributed by atoms with van der Waals surface area (Å²) < 4.78 is 7.10. The van der Waals surface area contributed by atoms with Gasteiger partial charge in [0.1, 0.15) is 17.4 Å². The Balaban J connectivity index is 2.35. The Morgan fingerprint density at radius 2 is 2.14 bits per heavy atom. The molecule has 0 saturated carbocycles. The predicted octanol–water partition coefficient (Wildman–Crippen LogP) is 2.28. The molecule has 0 aromatic carbocycles. The van der Waals surface area contributed by atoms with Crippen LogP contribution in [0.2, 0.25) is 0 Å². The molecule has 0 amide bonds. The molecule has 5 nitrogen and oxygen atoms in total. The van der Waals surface area contributed by atoms with Crippen LogP contribution in [-0.2, 0) is 7.05 Å². The normalized spacial score (nSPS) is 16.9. The molecular formula is C16H15N3O2S. The van der Waals surface area contributed by atoms with Gasteiger partial charge in [-0.25, -0.2) is 0 Å². The fourth-order valence-electron chi connectivity index (χ4n) is 2.63. The lowest BCUT2D eigenvalue weighted by atomic mass is 9.88. The second-order valence-electron chi connectivity index (χ2n) is 5.30. The number of rotatable bonds is 1. The minimum absolute atomic E-state index is 0.0682. The lowest BCUT2D eigenvalue weighted by Crippen LogP contribution is -2.31. The van der Waals surface area contributed by atoms with Crippen molar-refractivity contribution in [3.63, 3.8) is 0 Å². The molecule has 2 aromatic rings. The van der Waals surface area contributed by atoms with Gasteiger partial charge in [-0.2, -0.15) is 5.26 Å². The number of aromatic nitrogens is 1. The van der Waals surface area contributed by atoms with Crippen molar-refractivity contribution in [2.75, 3.05) is 0 Å². The second kappa shape index (κ2) is 5.04. The number of thiophene rings is 1. The van der Waals surface area contributed by atoms with Gasteiger partial charge in [0, 0.05) is 28.6 Å². The average Bonchev–Trinajstić information content (AvgIpc) is 2.90. The number of hydrogen-bond acceptors (Lipinski definition) is 5. The zero-order chi connectivity index (χ0) is 16.0. The quantitative estimate of drug-likeness (QED) is 0.876. The van der Waals surface area contributed by atoms with Gasteiger partial charge >= 0.3 is 0 Å². The van der Waals surface area contributed by atoms with Gasteiger partial charge in [0.25, 0.3) is 5.56 Å². The summed E-state index contributed by atoms with van der Waals surface area (Å²) in [6.07, 6.45) is 0. The van der Waals surface area contributed by atoms with Crippen LogP contribution in [0.3, 0.4) is 0 Å². The highest BCUT2D eigenvalue weighted by Gasteiger charge is 2.34. The SMILES string of the molecule is Cc1ccc(C2C(C#N)=C(N)Oc3cc(C)n(C)c(=O)c32)s1. The molecule has 1 unspecified atom stereocenters. The highest BCUT2D eigenvalue weighted by molar-refractivity contribution is 7.12. The Kier molecular flexibility index (Phi) is 3.30. The number of nitrogens with two attached hydrogens (primary N) is 1. The molecule has 112 valence electrons. The first-order chi connectivity index (χ1) is 10.4. The Bertz CT molecular complexity index is 899. The molecule has 2 N–H and O–H groups in total. The molecule has 1 aliphatic heterocycles. The van der Waals surface area contributed by atoms with Crippen LogP contribution in [0.1, 0.15) is 26.9 Å². The lowest BCUT2D eigenvalue weighted by molar-refractivity contribution is 0.390. The van der Waals surface area contributed by atoms with Gasteiger partial charge in [-0.1, -0.05) is 0 Å². The van der Waals surface area contributed by atoms with E-state index in [2.05, 4.69) is 6.07 Å². The molecule has 3 heterocycles. The molecule has 3 rings (SSSR count). The van der Waals surface area contributed by atoms with Crippen LogP contribution in [0.4, 0.5) is 0 Å². The number of nitrogens with zero attached hydrogens (tertiary/aromatic N) is 2. The van der Waals surface area contributed by atoms with Gasteiger partial charge in [-0.15, -0.1) is 11.3 Å². The van der Waals surface area contributed by atoms with Crippen LogP contribution in [0.5, 0.6) is 5.75 Å².